The van der Waals surface area contributed by atoms with Crippen LogP contribution in [0.1, 0.15) is 13.8 Å². The predicted molar refractivity (Wildman–Crippen MR) is 59.6 cm³/mol. The Kier molecular flexibility index (Phi) is 4.84. The highest BCUT2D eigenvalue weighted by molar-refractivity contribution is 5.46. The zero-order valence-electron chi connectivity index (χ0n) is 9.68. The van der Waals surface area contributed by atoms with E-state index in [0.717, 1.165) is 18.2 Å². The van der Waals surface area contributed by atoms with E-state index in [0.29, 0.717) is 6.61 Å². The largest absolute Gasteiger partial charge is 0.484 e. The molecule has 1 rings (SSSR count). The minimum atomic E-state index is -0.613. The van der Waals surface area contributed by atoms with Crippen molar-refractivity contribution in [1.29, 1.82) is 0 Å². The molecular formula is C11H14FNO4. The highest BCUT2D eigenvalue weighted by Crippen LogP contribution is 2.27. The van der Waals surface area contributed by atoms with E-state index >= 15 is 0 Å². The van der Waals surface area contributed by atoms with Crippen molar-refractivity contribution in [2.75, 3.05) is 13.2 Å². The van der Waals surface area contributed by atoms with Crippen LogP contribution in [0.25, 0.3) is 0 Å². The zero-order valence-corrected chi connectivity index (χ0v) is 9.68. The van der Waals surface area contributed by atoms with Gasteiger partial charge in [0.05, 0.1) is 17.6 Å². The van der Waals surface area contributed by atoms with Gasteiger partial charge in [-0.1, -0.05) is 0 Å². The highest BCUT2D eigenvalue weighted by Gasteiger charge is 2.15. The molecule has 0 atom stereocenters. The van der Waals surface area contributed by atoms with E-state index in [1.165, 1.54) is 0 Å². The van der Waals surface area contributed by atoms with Gasteiger partial charge in [0.1, 0.15) is 12.4 Å². The standard InChI is InChI=1S/C11H14FNO4/c1-8(2)16-5-6-17-11-7-9(12)3-4-10(11)13(14)15/h3-4,7-8H,5-6H2,1-2H3. The molecule has 0 fully saturated rings. The van der Waals surface area contributed by atoms with E-state index in [4.69, 9.17) is 9.47 Å². The third kappa shape index (κ3) is 4.36. The Hall–Kier alpha value is -1.69. The molecule has 0 unspecified atom stereocenters. The van der Waals surface area contributed by atoms with Crippen molar-refractivity contribution in [3.05, 3.63) is 34.1 Å². The molecule has 0 heterocycles. The predicted octanol–water partition coefficient (Wildman–Crippen LogP) is 2.54. The number of ether oxygens (including phenoxy) is 2. The van der Waals surface area contributed by atoms with Crippen LogP contribution < -0.4 is 4.74 Å². The van der Waals surface area contributed by atoms with Crippen molar-refractivity contribution < 1.29 is 18.8 Å². The third-order valence-electron chi connectivity index (χ3n) is 1.91. The lowest BCUT2D eigenvalue weighted by atomic mass is 10.3. The lowest BCUT2D eigenvalue weighted by molar-refractivity contribution is -0.385. The molecule has 0 saturated carbocycles. The first-order valence-electron chi connectivity index (χ1n) is 5.19. The van der Waals surface area contributed by atoms with E-state index in [1.807, 2.05) is 13.8 Å². The van der Waals surface area contributed by atoms with Crippen molar-refractivity contribution in [3.63, 3.8) is 0 Å². The van der Waals surface area contributed by atoms with Crippen LogP contribution in [0, 0.1) is 15.9 Å². The second kappa shape index (κ2) is 6.15. The van der Waals surface area contributed by atoms with Crippen LogP contribution in [0.5, 0.6) is 5.75 Å². The third-order valence-corrected chi connectivity index (χ3v) is 1.91. The Morgan fingerprint density at radius 3 is 2.71 bits per heavy atom. The minimum Gasteiger partial charge on any atom is -0.484 e. The lowest BCUT2D eigenvalue weighted by Gasteiger charge is -2.09. The molecule has 94 valence electrons. The maximum atomic E-state index is 12.9. The fourth-order valence-electron chi connectivity index (χ4n) is 1.19. The average Bonchev–Trinajstić information content (AvgIpc) is 2.23. The van der Waals surface area contributed by atoms with Crippen LogP contribution in [0.15, 0.2) is 18.2 Å². The summed E-state index contributed by atoms with van der Waals surface area (Å²) in [5, 5.41) is 10.6. The molecule has 0 spiro atoms. The summed E-state index contributed by atoms with van der Waals surface area (Å²) in [6, 6.07) is 3.09. The molecule has 0 aliphatic rings. The summed E-state index contributed by atoms with van der Waals surface area (Å²) < 4.78 is 23.2. The molecular weight excluding hydrogens is 229 g/mol. The average molecular weight is 243 g/mol. The first-order chi connectivity index (χ1) is 8.00. The summed E-state index contributed by atoms with van der Waals surface area (Å²) >= 11 is 0. The van der Waals surface area contributed by atoms with E-state index in [-0.39, 0.29) is 24.1 Å². The van der Waals surface area contributed by atoms with E-state index in [2.05, 4.69) is 0 Å². The molecule has 0 radical (unpaired) electrons. The Bertz CT molecular complexity index is 395. The van der Waals surface area contributed by atoms with Crippen molar-refractivity contribution in [2.45, 2.75) is 20.0 Å². The van der Waals surface area contributed by atoms with E-state index in [9.17, 15) is 14.5 Å². The number of nitro groups is 1. The summed E-state index contributed by atoms with van der Waals surface area (Å²) in [7, 11) is 0. The Morgan fingerprint density at radius 2 is 2.12 bits per heavy atom. The van der Waals surface area contributed by atoms with Gasteiger partial charge in [-0.3, -0.25) is 10.1 Å². The molecule has 0 aromatic heterocycles. The number of nitrogens with zero attached hydrogens (tertiary/aromatic N) is 1. The maximum absolute atomic E-state index is 12.9. The molecule has 1 aromatic rings. The molecule has 0 saturated heterocycles. The SMILES string of the molecule is CC(C)OCCOc1cc(F)ccc1[N+](=O)[O-]. The molecule has 0 N–H and O–H groups in total. The van der Waals surface area contributed by atoms with Gasteiger partial charge in [0.2, 0.25) is 0 Å². The Morgan fingerprint density at radius 1 is 1.41 bits per heavy atom. The van der Waals surface area contributed by atoms with Gasteiger partial charge in [0.15, 0.2) is 5.75 Å². The van der Waals surface area contributed by atoms with Crippen LogP contribution in [-0.2, 0) is 4.74 Å². The van der Waals surface area contributed by atoms with Crippen LogP contribution >= 0.6 is 0 Å². The normalized spacial score (nSPS) is 10.6. The molecule has 0 aliphatic carbocycles. The summed E-state index contributed by atoms with van der Waals surface area (Å²) in [5.41, 5.74) is -0.254. The fraction of sp³-hybridized carbons (Fsp3) is 0.455. The molecule has 1 aromatic carbocycles. The molecule has 0 bridgehead atoms. The van der Waals surface area contributed by atoms with Crippen molar-refractivity contribution in [3.8, 4) is 5.75 Å². The first kappa shape index (κ1) is 13.4. The number of hydrogen-bond donors (Lipinski definition) is 0. The van der Waals surface area contributed by atoms with Crippen molar-refractivity contribution in [1.82, 2.24) is 0 Å². The summed E-state index contributed by atoms with van der Waals surface area (Å²) in [6.45, 7) is 4.17. The second-order valence-electron chi connectivity index (χ2n) is 3.64. The number of hydrogen-bond acceptors (Lipinski definition) is 4. The molecule has 17 heavy (non-hydrogen) atoms. The highest BCUT2D eigenvalue weighted by atomic mass is 19.1. The fourth-order valence-corrected chi connectivity index (χ4v) is 1.19. The Labute approximate surface area is 98.3 Å². The van der Waals surface area contributed by atoms with Crippen LogP contribution in [0.3, 0.4) is 0 Å². The quantitative estimate of drug-likeness (QED) is 0.437. The van der Waals surface area contributed by atoms with Crippen LogP contribution in [0.4, 0.5) is 10.1 Å². The minimum absolute atomic E-state index is 0.0566. The van der Waals surface area contributed by atoms with Gasteiger partial charge >= 0.3 is 5.69 Å². The molecule has 0 aliphatic heterocycles. The van der Waals surface area contributed by atoms with Gasteiger partial charge in [-0.25, -0.2) is 4.39 Å². The monoisotopic (exact) mass is 243 g/mol. The van der Waals surface area contributed by atoms with Gasteiger partial charge in [-0.05, 0) is 19.9 Å². The molecule has 5 nitrogen and oxygen atoms in total. The molecule has 0 amide bonds. The zero-order chi connectivity index (χ0) is 12.8. The van der Waals surface area contributed by atoms with Gasteiger partial charge in [0, 0.05) is 12.1 Å². The summed E-state index contributed by atoms with van der Waals surface area (Å²) in [5.74, 6) is -0.655. The first-order valence-corrected chi connectivity index (χ1v) is 5.19. The second-order valence-corrected chi connectivity index (χ2v) is 3.64. The molecule has 6 heteroatoms. The van der Waals surface area contributed by atoms with E-state index < -0.39 is 10.7 Å². The smallest absolute Gasteiger partial charge is 0.311 e. The van der Waals surface area contributed by atoms with Gasteiger partial charge in [-0.15, -0.1) is 0 Å². The number of rotatable bonds is 6. The van der Waals surface area contributed by atoms with Gasteiger partial charge in [-0.2, -0.15) is 0 Å². The Balaban J connectivity index is 2.62. The number of benzene rings is 1. The van der Waals surface area contributed by atoms with Gasteiger partial charge < -0.3 is 9.47 Å². The topological polar surface area (TPSA) is 61.6 Å². The van der Waals surface area contributed by atoms with Crippen LogP contribution in [0.2, 0.25) is 0 Å². The van der Waals surface area contributed by atoms with Crippen molar-refractivity contribution in [2.24, 2.45) is 0 Å². The van der Waals surface area contributed by atoms with Crippen LogP contribution in [-0.4, -0.2) is 24.2 Å². The lowest BCUT2D eigenvalue weighted by Crippen LogP contribution is -2.12. The van der Waals surface area contributed by atoms with E-state index in [1.54, 1.807) is 0 Å². The summed E-state index contributed by atoms with van der Waals surface area (Å²) in [4.78, 5) is 10.0. The maximum Gasteiger partial charge on any atom is 0.311 e. The summed E-state index contributed by atoms with van der Waals surface area (Å²) in [6.07, 6.45) is 0.0566. The number of nitro benzene ring substituents is 1. The van der Waals surface area contributed by atoms with Crippen molar-refractivity contribution >= 4 is 5.69 Å². The van der Waals surface area contributed by atoms with Gasteiger partial charge in [0.25, 0.3) is 0 Å². The number of halogens is 1.